The SMILES string of the molecule is CCCCCCC[C@@]1(C)NC(=O)N(CC(=O)N[C@H](C)c2ccc3ccccc3c2)C1=O. The number of carbonyl (C=O) groups is 3. The van der Waals surface area contributed by atoms with Crippen molar-refractivity contribution in [3.8, 4) is 0 Å². The quantitative estimate of drug-likeness (QED) is 0.430. The van der Waals surface area contributed by atoms with Crippen molar-refractivity contribution >= 4 is 28.6 Å². The number of urea groups is 1. The zero-order chi connectivity index (χ0) is 22.4. The van der Waals surface area contributed by atoms with Gasteiger partial charge in [0.2, 0.25) is 5.91 Å². The number of benzene rings is 2. The fraction of sp³-hybridized carbons (Fsp3) is 0.480. The van der Waals surface area contributed by atoms with Crippen molar-refractivity contribution in [2.75, 3.05) is 6.54 Å². The second kappa shape index (κ2) is 9.94. The van der Waals surface area contributed by atoms with Gasteiger partial charge in [0.05, 0.1) is 6.04 Å². The first-order chi connectivity index (χ1) is 14.8. The lowest BCUT2D eigenvalue weighted by atomic mass is 9.94. The topological polar surface area (TPSA) is 78.5 Å². The van der Waals surface area contributed by atoms with Gasteiger partial charge < -0.3 is 10.6 Å². The third kappa shape index (κ3) is 5.43. The zero-order valence-electron chi connectivity index (χ0n) is 18.7. The Labute approximate surface area is 184 Å². The molecule has 0 spiro atoms. The van der Waals surface area contributed by atoms with Crippen LogP contribution in [0.25, 0.3) is 10.8 Å². The highest BCUT2D eigenvalue weighted by Crippen LogP contribution is 2.24. The molecule has 3 rings (SSSR count). The third-order valence-electron chi connectivity index (χ3n) is 6.08. The average Bonchev–Trinajstić information content (AvgIpc) is 2.96. The molecule has 31 heavy (non-hydrogen) atoms. The summed E-state index contributed by atoms with van der Waals surface area (Å²) in [7, 11) is 0. The number of imide groups is 1. The molecule has 1 saturated heterocycles. The Morgan fingerprint density at radius 3 is 2.52 bits per heavy atom. The molecule has 2 aromatic carbocycles. The van der Waals surface area contributed by atoms with E-state index in [1.165, 1.54) is 6.42 Å². The molecule has 0 aliphatic carbocycles. The van der Waals surface area contributed by atoms with E-state index in [-0.39, 0.29) is 24.4 Å². The molecule has 4 amide bonds. The van der Waals surface area contributed by atoms with Gasteiger partial charge in [0.15, 0.2) is 0 Å². The van der Waals surface area contributed by atoms with Gasteiger partial charge in [-0.1, -0.05) is 75.4 Å². The van der Waals surface area contributed by atoms with Gasteiger partial charge in [-0.2, -0.15) is 0 Å². The summed E-state index contributed by atoms with van der Waals surface area (Å²) in [5.74, 6) is -0.669. The fourth-order valence-corrected chi connectivity index (χ4v) is 4.13. The van der Waals surface area contributed by atoms with Crippen molar-refractivity contribution in [3.05, 3.63) is 48.0 Å². The smallest absolute Gasteiger partial charge is 0.325 e. The van der Waals surface area contributed by atoms with Crippen LogP contribution in [0.15, 0.2) is 42.5 Å². The molecule has 1 heterocycles. The van der Waals surface area contributed by atoms with Crippen LogP contribution < -0.4 is 10.6 Å². The molecular weight excluding hydrogens is 390 g/mol. The van der Waals surface area contributed by atoms with E-state index in [0.29, 0.717) is 6.42 Å². The molecule has 1 fully saturated rings. The molecule has 166 valence electrons. The normalized spacial score (nSPS) is 19.5. The summed E-state index contributed by atoms with van der Waals surface area (Å²) in [5.41, 5.74) is 0.0502. The summed E-state index contributed by atoms with van der Waals surface area (Å²) in [6.45, 7) is 5.54. The number of nitrogens with zero attached hydrogens (tertiary/aromatic N) is 1. The van der Waals surface area contributed by atoms with Crippen molar-refractivity contribution < 1.29 is 14.4 Å². The number of fused-ring (bicyclic) bond motifs is 1. The summed E-state index contributed by atoms with van der Waals surface area (Å²) in [6.07, 6.45) is 5.98. The molecule has 1 aliphatic rings. The van der Waals surface area contributed by atoms with Gasteiger partial charge in [0.1, 0.15) is 12.1 Å². The monoisotopic (exact) mass is 423 g/mol. The van der Waals surface area contributed by atoms with Crippen molar-refractivity contribution in [1.29, 1.82) is 0 Å². The lowest BCUT2D eigenvalue weighted by Gasteiger charge is -2.22. The van der Waals surface area contributed by atoms with Crippen LogP contribution in [0, 0.1) is 0 Å². The Bertz CT molecular complexity index is 958. The van der Waals surface area contributed by atoms with Crippen LogP contribution in [-0.2, 0) is 9.59 Å². The molecule has 2 atom stereocenters. The number of carbonyl (C=O) groups excluding carboxylic acids is 3. The molecule has 2 N–H and O–H groups in total. The molecule has 1 aliphatic heterocycles. The molecule has 6 nitrogen and oxygen atoms in total. The Kier molecular flexibility index (Phi) is 7.31. The van der Waals surface area contributed by atoms with Gasteiger partial charge >= 0.3 is 6.03 Å². The zero-order valence-corrected chi connectivity index (χ0v) is 18.7. The van der Waals surface area contributed by atoms with E-state index in [4.69, 9.17) is 0 Å². The lowest BCUT2D eigenvalue weighted by molar-refractivity contribution is -0.135. The summed E-state index contributed by atoms with van der Waals surface area (Å²) >= 11 is 0. The van der Waals surface area contributed by atoms with Crippen LogP contribution in [0.4, 0.5) is 4.79 Å². The minimum Gasteiger partial charge on any atom is -0.348 e. The first-order valence-electron chi connectivity index (χ1n) is 11.3. The number of amides is 4. The summed E-state index contributed by atoms with van der Waals surface area (Å²) < 4.78 is 0. The van der Waals surface area contributed by atoms with Gasteiger partial charge in [-0.05, 0) is 42.7 Å². The van der Waals surface area contributed by atoms with E-state index in [1.807, 2.05) is 49.4 Å². The maximum atomic E-state index is 12.9. The van der Waals surface area contributed by atoms with E-state index >= 15 is 0 Å². The predicted molar refractivity (Wildman–Crippen MR) is 123 cm³/mol. The van der Waals surface area contributed by atoms with Crippen LogP contribution in [0.3, 0.4) is 0 Å². The van der Waals surface area contributed by atoms with Crippen LogP contribution in [0.5, 0.6) is 0 Å². The highest BCUT2D eigenvalue weighted by atomic mass is 16.2. The molecule has 0 unspecified atom stereocenters. The van der Waals surface area contributed by atoms with Crippen LogP contribution in [-0.4, -0.2) is 34.8 Å². The second-order valence-electron chi connectivity index (χ2n) is 8.71. The van der Waals surface area contributed by atoms with Crippen LogP contribution in [0.1, 0.15) is 70.9 Å². The molecule has 6 heteroatoms. The Morgan fingerprint density at radius 2 is 1.77 bits per heavy atom. The van der Waals surface area contributed by atoms with Crippen LogP contribution >= 0.6 is 0 Å². The van der Waals surface area contributed by atoms with E-state index < -0.39 is 11.6 Å². The second-order valence-corrected chi connectivity index (χ2v) is 8.71. The fourth-order valence-electron chi connectivity index (χ4n) is 4.13. The number of hydrogen-bond donors (Lipinski definition) is 2. The number of nitrogens with one attached hydrogen (secondary N) is 2. The van der Waals surface area contributed by atoms with Gasteiger partial charge in [-0.15, -0.1) is 0 Å². The molecule has 2 aromatic rings. The first-order valence-corrected chi connectivity index (χ1v) is 11.3. The largest absolute Gasteiger partial charge is 0.348 e. The minimum absolute atomic E-state index is 0.233. The Hall–Kier alpha value is -2.89. The molecular formula is C25H33N3O3. The van der Waals surface area contributed by atoms with E-state index in [0.717, 1.165) is 46.9 Å². The molecule has 0 aromatic heterocycles. The standard InChI is InChI=1S/C25H33N3O3/c1-4-5-6-7-10-15-25(3)23(30)28(24(31)27-25)17-22(29)26-18(2)20-14-13-19-11-8-9-12-21(19)16-20/h8-9,11-14,16,18H,4-7,10,15,17H2,1-3H3,(H,26,29)(H,27,31)/t18-,25-/m1/s1. The predicted octanol–water partition coefficient (Wildman–Crippen LogP) is 4.69. The van der Waals surface area contributed by atoms with Crippen molar-refractivity contribution in [2.24, 2.45) is 0 Å². The highest BCUT2D eigenvalue weighted by Gasteiger charge is 2.47. The molecule has 0 saturated carbocycles. The molecule has 0 bridgehead atoms. The van der Waals surface area contributed by atoms with Gasteiger partial charge in [0.25, 0.3) is 5.91 Å². The maximum absolute atomic E-state index is 12.9. The van der Waals surface area contributed by atoms with E-state index in [2.05, 4.69) is 17.6 Å². The number of rotatable bonds is 10. The first kappa shape index (κ1) is 22.8. The van der Waals surface area contributed by atoms with E-state index in [1.54, 1.807) is 6.92 Å². The van der Waals surface area contributed by atoms with Crippen molar-refractivity contribution in [3.63, 3.8) is 0 Å². The maximum Gasteiger partial charge on any atom is 0.325 e. The average molecular weight is 424 g/mol. The van der Waals surface area contributed by atoms with Crippen molar-refractivity contribution in [1.82, 2.24) is 15.5 Å². The minimum atomic E-state index is -0.923. The summed E-state index contributed by atoms with van der Waals surface area (Å²) in [4.78, 5) is 38.9. The Morgan fingerprint density at radius 1 is 1.06 bits per heavy atom. The number of unbranched alkanes of at least 4 members (excludes halogenated alkanes) is 4. The lowest BCUT2D eigenvalue weighted by Crippen LogP contribution is -2.45. The highest BCUT2D eigenvalue weighted by molar-refractivity contribution is 6.08. The van der Waals surface area contributed by atoms with Gasteiger partial charge in [0, 0.05) is 0 Å². The summed E-state index contributed by atoms with van der Waals surface area (Å²) in [5, 5.41) is 7.94. The van der Waals surface area contributed by atoms with Gasteiger partial charge in [-0.3, -0.25) is 14.5 Å². The van der Waals surface area contributed by atoms with Crippen molar-refractivity contribution in [2.45, 2.75) is 70.9 Å². The van der Waals surface area contributed by atoms with E-state index in [9.17, 15) is 14.4 Å². The number of hydrogen-bond acceptors (Lipinski definition) is 3. The molecule has 0 radical (unpaired) electrons. The van der Waals surface area contributed by atoms with Gasteiger partial charge in [-0.25, -0.2) is 4.79 Å². The third-order valence-corrected chi connectivity index (χ3v) is 6.08. The Balaban J connectivity index is 1.56. The summed E-state index contributed by atoms with van der Waals surface area (Å²) in [6, 6.07) is 13.4. The van der Waals surface area contributed by atoms with Crippen LogP contribution in [0.2, 0.25) is 0 Å².